The summed E-state index contributed by atoms with van der Waals surface area (Å²) in [5, 5.41) is 13.7. The van der Waals surface area contributed by atoms with Crippen molar-refractivity contribution in [3.63, 3.8) is 0 Å². The van der Waals surface area contributed by atoms with Crippen molar-refractivity contribution < 1.29 is 14.6 Å². The van der Waals surface area contributed by atoms with E-state index in [2.05, 4.69) is 5.32 Å². The second kappa shape index (κ2) is 7.81. The van der Waals surface area contributed by atoms with E-state index in [4.69, 9.17) is 9.84 Å². The summed E-state index contributed by atoms with van der Waals surface area (Å²) in [6.07, 6.45) is 0. The number of hydrogen-bond acceptors (Lipinski definition) is 4. The first-order valence-corrected chi connectivity index (χ1v) is 7.73. The molecule has 2 N–H and O–H groups in total. The van der Waals surface area contributed by atoms with Crippen molar-refractivity contribution >= 4 is 17.2 Å². The highest BCUT2D eigenvalue weighted by atomic mass is 32.1. The SMILES string of the molecule is CC(C(=O)NCc1ccccc1OCCO)c1cccs1. The van der Waals surface area contributed by atoms with Crippen LogP contribution in [-0.4, -0.2) is 24.2 Å². The number of aliphatic hydroxyl groups excluding tert-OH is 1. The molecule has 1 aromatic carbocycles. The van der Waals surface area contributed by atoms with E-state index in [0.717, 1.165) is 10.4 Å². The predicted molar refractivity (Wildman–Crippen MR) is 83.6 cm³/mol. The molecule has 0 saturated heterocycles. The Kier molecular flexibility index (Phi) is 5.78. The molecule has 0 aliphatic heterocycles. The highest BCUT2D eigenvalue weighted by molar-refractivity contribution is 7.10. The van der Waals surface area contributed by atoms with E-state index in [-0.39, 0.29) is 25.0 Å². The normalized spacial score (nSPS) is 11.9. The van der Waals surface area contributed by atoms with Crippen LogP contribution in [-0.2, 0) is 11.3 Å². The van der Waals surface area contributed by atoms with Gasteiger partial charge in [0, 0.05) is 17.0 Å². The van der Waals surface area contributed by atoms with Crippen LogP contribution < -0.4 is 10.1 Å². The monoisotopic (exact) mass is 305 g/mol. The Morgan fingerprint density at radius 2 is 2.14 bits per heavy atom. The fourth-order valence-corrected chi connectivity index (χ4v) is 2.73. The predicted octanol–water partition coefficient (Wildman–Crippen LogP) is 2.54. The van der Waals surface area contributed by atoms with Gasteiger partial charge in [0.15, 0.2) is 0 Å². The number of carbonyl (C=O) groups excluding carboxylic acids is 1. The third-order valence-corrected chi connectivity index (χ3v) is 4.19. The van der Waals surface area contributed by atoms with Crippen LogP contribution in [0.15, 0.2) is 41.8 Å². The molecular weight excluding hydrogens is 286 g/mol. The van der Waals surface area contributed by atoms with E-state index in [1.165, 1.54) is 0 Å². The van der Waals surface area contributed by atoms with Crippen molar-refractivity contribution in [2.45, 2.75) is 19.4 Å². The Balaban J connectivity index is 1.95. The summed E-state index contributed by atoms with van der Waals surface area (Å²) in [5.41, 5.74) is 0.901. The molecule has 0 radical (unpaired) electrons. The lowest BCUT2D eigenvalue weighted by Crippen LogP contribution is -2.27. The summed E-state index contributed by atoms with van der Waals surface area (Å²) in [4.78, 5) is 13.2. The maximum Gasteiger partial charge on any atom is 0.228 e. The number of thiophene rings is 1. The Hall–Kier alpha value is -1.85. The van der Waals surface area contributed by atoms with Crippen molar-refractivity contribution in [2.75, 3.05) is 13.2 Å². The highest BCUT2D eigenvalue weighted by Gasteiger charge is 2.16. The molecule has 1 aromatic heterocycles. The van der Waals surface area contributed by atoms with Crippen LogP contribution in [0.5, 0.6) is 5.75 Å². The molecule has 112 valence electrons. The fraction of sp³-hybridized carbons (Fsp3) is 0.312. The van der Waals surface area contributed by atoms with Crippen molar-refractivity contribution in [3.05, 3.63) is 52.2 Å². The Morgan fingerprint density at radius 3 is 2.86 bits per heavy atom. The summed E-state index contributed by atoms with van der Waals surface area (Å²) in [6.45, 7) is 2.53. The molecular formula is C16H19NO3S. The molecule has 5 heteroatoms. The molecule has 0 saturated carbocycles. The number of aliphatic hydroxyl groups is 1. The molecule has 0 aliphatic carbocycles. The smallest absolute Gasteiger partial charge is 0.228 e. The Labute approximate surface area is 128 Å². The Morgan fingerprint density at radius 1 is 1.33 bits per heavy atom. The van der Waals surface area contributed by atoms with Gasteiger partial charge in [0.05, 0.1) is 12.5 Å². The quantitative estimate of drug-likeness (QED) is 0.826. The number of hydrogen-bond donors (Lipinski definition) is 2. The standard InChI is InChI=1S/C16H19NO3S/c1-12(15-7-4-10-21-15)16(19)17-11-13-5-2-3-6-14(13)20-9-8-18/h2-7,10,12,18H,8-9,11H2,1H3,(H,17,19). The van der Waals surface area contributed by atoms with E-state index in [1.54, 1.807) is 11.3 Å². The zero-order valence-electron chi connectivity index (χ0n) is 11.9. The molecule has 21 heavy (non-hydrogen) atoms. The van der Waals surface area contributed by atoms with Gasteiger partial charge in [-0.1, -0.05) is 24.3 Å². The van der Waals surface area contributed by atoms with Crippen LogP contribution in [0.2, 0.25) is 0 Å². The summed E-state index contributed by atoms with van der Waals surface area (Å²) in [5.74, 6) is 0.528. The largest absolute Gasteiger partial charge is 0.491 e. The molecule has 0 fully saturated rings. The van der Waals surface area contributed by atoms with Gasteiger partial charge in [0.2, 0.25) is 5.91 Å². The second-order valence-corrected chi connectivity index (χ2v) is 5.61. The minimum atomic E-state index is -0.157. The lowest BCUT2D eigenvalue weighted by atomic mass is 10.1. The number of benzene rings is 1. The fourth-order valence-electron chi connectivity index (χ4n) is 1.95. The van der Waals surface area contributed by atoms with Gasteiger partial charge in [-0.2, -0.15) is 0 Å². The lowest BCUT2D eigenvalue weighted by Gasteiger charge is -2.13. The third-order valence-electron chi connectivity index (χ3n) is 3.14. The zero-order chi connectivity index (χ0) is 15.1. The van der Waals surface area contributed by atoms with E-state index >= 15 is 0 Å². The first kappa shape index (κ1) is 15.5. The number of nitrogens with one attached hydrogen (secondary N) is 1. The number of rotatable bonds is 7. The van der Waals surface area contributed by atoms with E-state index < -0.39 is 0 Å². The van der Waals surface area contributed by atoms with Gasteiger partial charge in [-0.15, -0.1) is 11.3 Å². The van der Waals surface area contributed by atoms with Gasteiger partial charge in [-0.3, -0.25) is 4.79 Å². The van der Waals surface area contributed by atoms with Gasteiger partial charge in [-0.05, 0) is 24.4 Å². The van der Waals surface area contributed by atoms with Gasteiger partial charge in [0.25, 0.3) is 0 Å². The number of para-hydroxylation sites is 1. The van der Waals surface area contributed by atoms with Crippen molar-refractivity contribution in [3.8, 4) is 5.75 Å². The second-order valence-electron chi connectivity index (χ2n) is 4.63. The van der Waals surface area contributed by atoms with Gasteiger partial charge in [0.1, 0.15) is 12.4 Å². The summed E-state index contributed by atoms with van der Waals surface area (Å²) >= 11 is 1.58. The molecule has 0 aliphatic rings. The van der Waals surface area contributed by atoms with Crippen molar-refractivity contribution in [1.29, 1.82) is 0 Å². The first-order chi connectivity index (χ1) is 10.2. The lowest BCUT2D eigenvalue weighted by molar-refractivity contribution is -0.122. The summed E-state index contributed by atoms with van der Waals surface area (Å²) in [7, 11) is 0. The average Bonchev–Trinajstić information content (AvgIpc) is 3.05. The van der Waals surface area contributed by atoms with E-state index in [9.17, 15) is 4.79 Å². The maximum atomic E-state index is 12.2. The minimum Gasteiger partial charge on any atom is -0.491 e. The van der Waals surface area contributed by atoms with Crippen LogP contribution in [0, 0.1) is 0 Å². The third kappa shape index (κ3) is 4.31. The van der Waals surface area contributed by atoms with Crippen LogP contribution in [0.25, 0.3) is 0 Å². The first-order valence-electron chi connectivity index (χ1n) is 6.85. The molecule has 4 nitrogen and oxygen atoms in total. The topological polar surface area (TPSA) is 58.6 Å². The van der Waals surface area contributed by atoms with Crippen LogP contribution >= 0.6 is 11.3 Å². The Bertz CT molecular complexity index is 569. The number of carbonyl (C=O) groups is 1. The number of amides is 1. The van der Waals surface area contributed by atoms with Gasteiger partial charge >= 0.3 is 0 Å². The average molecular weight is 305 g/mol. The number of ether oxygens (including phenoxy) is 1. The van der Waals surface area contributed by atoms with E-state index in [0.29, 0.717) is 12.3 Å². The van der Waals surface area contributed by atoms with Crippen molar-refractivity contribution in [1.82, 2.24) is 5.32 Å². The molecule has 2 rings (SSSR count). The summed E-state index contributed by atoms with van der Waals surface area (Å²) < 4.78 is 5.45. The van der Waals surface area contributed by atoms with Gasteiger partial charge in [-0.25, -0.2) is 0 Å². The zero-order valence-corrected chi connectivity index (χ0v) is 12.7. The minimum absolute atomic E-state index is 0.00517. The van der Waals surface area contributed by atoms with Crippen molar-refractivity contribution in [2.24, 2.45) is 0 Å². The molecule has 1 amide bonds. The summed E-state index contributed by atoms with van der Waals surface area (Å²) in [6, 6.07) is 11.4. The molecule has 2 aromatic rings. The van der Waals surface area contributed by atoms with Crippen LogP contribution in [0.3, 0.4) is 0 Å². The molecule has 1 unspecified atom stereocenters. The molecule has 1 atom stereocenters. The molecule has 0 bridgehead atoms. The van der Waals surface area contributed by atoms with Crippen LogP contribution in [0.4, 0.5) is 0 Å². The maximum absolute atomic E-state index is 12.2. The molecule has 0 spiro atoms. The van der Waals surface area contributed by atoms with Crippen LogP contribution in [0.1, 0.15) is 23.3 Å². The van der Waals surface area contributed by atoms with E-state index in [1.807, 2.05) is 48.7 Å². The highest BCUT2D eigenvalue weighted by Crippen LogP contribution is 2.22. The molecule has 1 heterocycles. The van der Waals surface area contributed by atoms with Gasteiger partial charge < -0.3 is 15.2 Å².